The first-order chi connectivity index (χ1) is 9.06. The van der Waals surface area contributed by atoms with Gasteiger partial charge in [-0.1, -0.05) is 40.0 Å². The third kappa shape index (κ3) is 7.85. The van der Waals surface area contributed by atoms with Crippen molar-refractivity contribution in [3.05, 3.63) is 0 Å². The molecule has 0 rings (SSSR count). The van der Waals surface area contributed by atoms with Crippen LogP contribution in [0.1, 0.15) is 59.3 Å². The fourth-order valence-corrected chi connectivity index (χ4v) is 2.03. The summed E-state index contributed by atoms with van der Waals surface area (Å²) in [6.45, 7) is 7.19. The molecule has 0 aliphatic carbocycles. The minimum Gasteiger partial charge on any atom is -0.469 e. The van der Waals surface area contributed by atoms with Crippen molar-refractivity contribution in [1.29, 1.82) is 0 Å². The number of esters is 1. The van der Waals surface area contributed by atoms with Gasteiger partial charge in [-0.15, -0.1) is 0 Å². The van der Waals surface area contributed by atoms with Crippen LogP contribution >= 0.6 is 0 Å². The molecule has 0 N–H and O–H groups in total. The van der Waals surface area contributed by atoms with Crippen LogP contribution in [0.3, 0.4) is 0 Å². The predicted octanol–water partition coefficient (Wildman–Crippen LogP) is 3.00. The molecular formula is C15H29NO3. The Kier molecular flexibility index (Phi) is 10.2. The lowest BCUT2D eigenvalue weighted by Gasteiger charge is -2.25. The van der Waals surface area contributed by atoms with Crippen molar-refractivity contribution in [2.24, 2.45) is 5.92 Å². The zero-order valence-electron chi connectivity index (χ0n) is 12.9. The molecule has 0 saturated carbocycles. The Morgan fingerprint density at radius 2 is 1.79 bits per heavy atom. The molecule has 0 aliphatic heterocycles. The first-order valence-electron chi connectivity index (χ1n) is 7.42. The summed E-state index contributed by atoms with van der Waals surface area (Å²) in [5.41, 5.74) is 0. The standard InChI is InChI=1S/C15H29NO3/c1-5-7-8-9-11-16(14(17)10-6-2)12-13(3)15(18)19-4/h13H,5-12H2,1-4H3. The Morgan fingerprint density at radius 1 is 1.11 bits per heavy atom. The molecular weight excluding hydrogens is 242 g/mol. The van der Waals surface area contributed by atoms with Gasteiger partial charge in [0.15, 0.2) is 0 Å². The van der Waals surface area contributed by atoms with Gasteiger partial charge in [-0.3, -0.25) is 9.59 Å². The van der Waals surface area contributed by atoms with E-state index >= 15 is 0 Å². The van der Waals surface area contributed by atoms with Crippen LogP contribution in [-0.4, -0.2) is 37.0 Å². The molecule has 1 atom stereocenters. The van der Waals surface area contributed by atoms with Crippen LogP contribution in [0.5, 0.6) is 0 Å². The highest BCUT2D eigenvalue weighted by Crippen LogP contribution is 2.08. The maximum Gasteiger partial charge on any atom is 0.310 e. The quantitative estimate of drug-likeness (QED) is 0.453. The molecule has 0 spiro atoms. The van der Waals surface area contributed by atoms with E-state index in [4.69, 9.17) is 4.74 Å². The molecule has 0 radical (unpaired) electrons. The molecule has 0 aliphatic rings. The molecule has 19 heavy (non-hydrogen) atoms. The topological polar surface area (TPSA) is 46.6 Å². The average molecular weight is 271 g/mol. The van der Waals surface area contributed by atoms with Gasteiger partial charge in [0, 0.05) is 19.5 Å². The molecule has 112 valence electrons. The Labute approximate surface area is 117 Å². The highest BCUT2D eigenvalue weighted by atomic mass is 16.5. The van der Waals surface area contributed by atoms with Crippen LogP contribution in [0.15, 0.2) is 0 Å². The van der Waals surface area contributed by atoms with Crippen molar-refractivity contribution in [1.82, 2.24) is 4.90 Å². The van der Waals surface area contributed by atoms with Crippen LogP contribution in [0.2, 0.25) is 0 Å². The van der Waals surface area contributed by atoms with E-state index in [-0.39, 0.29) is 17.8 Å². The number of hydrogen-bond acceptors (Lipinski definition) is 3. The maximum atomic E-state index is 12.0. The van der Waals surface area contributed by atoms with Crippen molar-refractivity contribution in [3.8, 4) is 0 Å². The number of methoxy groups -OCH3 is 1. The van der Waals surface area contributed by atoms with Crippen LogP contribution in [-0.2, 0) is 14.3 Å². The van der Waals surface area contributed by atoms with E-state index in [2.05, 4.69) is 6.92 Å². The molecule has 0 bridgehead atoms. The maximum absolute atomic E-state index is 12.0. The molecule has 4 heteroatoms. The number of unbranched alkanes of at least 4 members (excludes halogenated alkanes) is 3. The van der Waals surface area contributed by atoms with E-state index < -0.39 is 0 Å². The van der Waals surface area contributed by atoms with Crippen molar-refractivity contribution < 1.29 is 14.3 Å². The van der Waals surface area contributed by atoms with Gasteiger partial charge in [0.1, 0.15) is 0 Å². The third-order valence-corrected chi connectivity index (χ3v) is 3.20. The number of hydrogen-bond donors (Lipinski definition) is 0. The second-order valence-corrected chi connectivity index (χ2v) is 5.07. The lowest BCUT2D eigenvalue weighted by molar-refractivity contribution is -0.146. The first-order valence-corrected chi connectivity index (χ1v) is 7.42. The summed E-state index contributed by atoms with van der Waals surface area (Å²) in [7, 11) is 1.39. The summed E-state index contributed by atoms with van der Waals surface area (Å²) >= 11 is 0. The fourth-order valence-electron chi connectivity index (χ4n) is 2.03. The summed E-state index contributed by atoms with van der Waals surface area (Å²) in [6.07, 6.45) is 5.93. The summed E-state index contributed by atoms with van der Waals surface area (Å²) in [5.74, 6) is -0.352. The number of amides is 1. The summed E-state index contributed by atoms with van der Waals surface area (Å²) in [4.78, 5) is 25.3. The molecule has 1 unspecified atom stereocenters. The summed E-state index contributed by atoms with van der Waals surface area (Å²) in [6, 6.07) is 0. The zero-order chi connectivity index (χ0) is 14.7. The van der Waals surface area contributed by atoms with Gasteiger partial charge < -0.3 is 9.64 Å². The fraction of sp³-hybridized carbons (Fsp3) is 0.867. The van der Waals surface area contributed by atoms with Crippen molar-refractivity contribution in [3.63, 3.8) is 0 Å². The van der Waals surface area contributed by atoms with Gasteiger partial charge >= 0.3 is 5.97 Å². The highest BCUT2D eigenvalue weighted by molar-refractivity contribution is 5.77. The Bertz CT molecular complexity index is 266. The van der Waals surface area contributed by atoms with Gasteiger partial charge in [0.05, 0.1) is 13.0 Å². The van der Waals surface area contributed by atoms with Crippen LogP contribution in [0, 0.1) is 5.92 Å². The normalized spacial score (nSPS) is 12.0. The van der Waals surface area contributed by atoms with Gasteiger partial charge in [-0.05, 0) is 12.8 Å². The molecule has 4 nitrogen and oxygen atoms in total. The van der Waals surface area contributed by atoms with Gasteiger partial charge in [0.25, 0.3) is 0 Å². The van der Waals surface area contributed by atoms with E-state index in [1.165, 1.54) is 20.0 Å². The third-order valence-electron chi connectivity index (χ3n) is 3.20. The SMILES string of the molecule is CCCCCCN(CC(C)C(=O)OC)C(=O)CCC. The van der Waals surface area contributed by atoms with Crippen LogP contribution in [0.4, 0.5) is 0 Å². The summed E-state index contributed by atoms with van der Waals surface area (Å²) < 4.78 is 4.72. The Hall–Kier alpha value is -1.06. The number of rotatable bonds is 10. The first kappa shape index (κ1) is 17.9. The Balaban J connectivity index is 4.32. The molecule has 0 aromatic heterocycles. The van der Waals surface area contributed by atoms with Crippen molar-refractivity contribution in [2.75, 3.05) is 20.2 Å². The predicted molar refractivity (Wildman–Crippen MR) is 76.8 cm³/mol. The molecule has 0 saturated heterocycles. The largest absolute Gasteiger partial charge is 0.469 e. The molecule has 0 aromatic carbocycles. The number of carbonyl (C=O) groups is 2. The van der Waals surface area contributed by atoms with Gasteiger partial charge in [-0.25, -0.2) is 0 Å². The molecule has 0 fully saturated rings. The van der Waals surface area contributed by atoms with Crippen molar-refractivity contribution >= 4 is 11.9 Å². The van der Waals surface area contributed by atoms with E-state index in [1.54, 1.807) is 0 Å². The van der Waals surface area contributed by atoms with Crippen LogP contribution in [0.25, 0.3) is 0 Å². The van der Waals surface area contributed by atoms with E-state index in [1.807, 2.05) is 18.7 Å². The lowest BCUT2D eigenvalue weighted by atomic mass is 10.1. The van der Waals surface area contributed by atoms with E-state index in [0.29, 0.717) is 13.0 Å². The minimum absolute atomic E-state index is 0.148. The highest BCUT2D eigenvalue weighted by Gasteiger charge is 2.20. The van der Waals surface area contributed by atoms with E-state index in [0.717, 1.165) is 25.8 Å². The average Bonchev–Trinajstić information content (AvgIpc) is 2.41. The van der Waals surface area contributed by atoms with Crippen LogP contribution < -0.4 is 0 Å². The summed E-state index contributed by atoms with van der Waals surface area (Å²) in [5, 5.41) is 0. The molecule has 1 amide bonds. The molecule has 0 aromatic rings. The second kappa shape index (κ2) is 10.8. The second-order valence-electron chi connectivity index (χ2n) is 5.07. The number of carbonyl (C=O) groups excluding carboxylic acids is 2. The van der Waals surface area contributed by atoms with E-state index in [9.17, 15) is 9.59 Å². The monoisotopic (exact) mass is 271 g/mol. The Morgan fingerprint density at radius 3 is 2.32 bits per heavy atom. The smallest absolute Gasteiger partial charge is 0.310 e. The van der Waals surface area contributed by atoms with Crippen molar-refractivity contribution in [2.45, 2.75) is 59.3 Å². The van der Waals surface area contributed by atoms with Gasteiger partial charge in [0.2, 0.25) is 5.91 Å². The number of nitrogens with zero attached hydrogens (tertiary/aromatic N) is 1. The molecule has 0 heterocycles. The van der Waals surface area contributed by atoms with Gasteiger partial charge in [-0.2, -0.15) is 0 Å². The minimum atomic E-state index is -0.253. The zero-order valence-corrected chi connectivity index (χ0v) is 12.9. The lowest BCUT2D eigenvalue weighted by Crippen LogP contribution is -2.37. The number of ether oxygens (including phenoxy) is 1.